The summed E-state index contributed by atoms with van der Waals surface area (Å²) in [5, 5.41) is 29.7. The van der Waals surface area contributed by atoms with Crippen molar-refractivity contribution >= 4 is 5.91 Å². The zero-order valence-corrected chi connectivity index (χ0v) is 7.61. The lowest BCUT2D eigenvalue weighted by Crippen LogP contribution is -2.22. The highest BCUT2D eigenvalue weighted by Crippen LogP contribution is 2.35. The minimum atomic E-state index is -0.627. The Labute approximate surface area is 80.6 Å². The van der Waals surface area contributed by atoms with Gasteiger partial charge in [-0.2, -0.15) is 0 Å². The van der Waals surface area contributed by atoms with Crippen molar-refractivity contribution in [2.45, 2.75) is 6.92 Å². The van der Waals surface area contributed by atoms with E-state index in [-0.39, 0.29) is 5.56 Å². The number of hydrogen-bond acceptors (Lipinski definition) is 4. The number of carbonyl (C=O) groups is 1. The van der Waals surface area contributed by atoms with Crippen LogP contribution in [-0.4, -0.2) is 27.8 Å². The minimum absolute atomic E-state index is 0.0969. The summed E-state index contributed by atoms with van der Waals surface area (Å²) in [6.07, 6.45) is 0. The summed E-state index contributed by atoms with van der Waals surface area (Å²) in [5.41, 5.74) is 0.0969. The molecule has 0 heterocycles. The van der Waals surface area contributed by atoms with E-state index in [1.165, 1.54) is 0 Å². The van der Waals surface area contributed by atoms with E-state index in [0.717, 1.165) is 12.1 Å². The van der Waals surface area contributed by atoms with Crippen LogP contribution < -0.4 is 5.32 Å². The van der Waals surface area contributed by atoms with Crippen molar-refractivity contribution in [2.75, 3.05) is 6.54 Å². The third-order valence-electron chi connectivity index (χ3n) is 1.67. The van der Waals surface area contributed by atoms with E-state index >= 15 is 0 Å². The average molecular weight is 197 g/mol. The molecule has 1 rings (SSSR count). The van der Waals surface area contributed by atoms with Crippen molar-refractivity contribution < 1.29 is 20.1 Å². The van der Waals surface area contributed by atoms with E-state index < -0.39 is 23.2 Å². The molecule has 0 aliphatic rings. The normalized spacial score (nSPS) is 9.79. The minimum Gasteiger partial charge on any atom is -0.504 e. The lowest BCUT2D eigenvalue weighted by molar-refractivity contribution is 0.0955. The van der Waals surface area contributed by atoms with Gasteiger partial charge in [-0.1, -0.05) is 0 Å². The molecular weight excluding hydrogens is 186 g/mol. The van der Waals surface area contributed by atoms with E-state index in [0.29, 0.717) is 6.54 Å². The van der Waals surface area contributed by atoms with Gasteiger partial charge < -0.3 is 20.6 Å². The zero-order valence-electron chi connectivity index (χ0n) is 7.61. The molecule has 0 spiro atoms. The summed E-state index contributed by atoms with van der Waals surface area (Å²) in [5.74, 6) is -2.09. The lowest BCUT2D eigenvalue weighted by Gasteiger charge is -2.05. The van der Waals surface area contributed by atoms with Gasteiger partial charge in [0.15, 0.2) is 17.2 Å². The Morgan fingerprint density at radius 3 is 2.21 bits per heavy atom. The first-order valence-corrected chi connectivity index (χ1v) is 4.09. The molecule has 0 atom stereocenters. The van der Waals surface area contributed by atoms with Gasteiger partial charge in [-0.3, -0.25) is 4.79 Å². The standard InChI is InChI=1S/C9H11NO4/c1-2-10-9(14)5-3-6(11)8(13)7(12)4-5/h3-4,11-13H,2H2,1H3,(H,10,14). The number of phenolic OH excluding ortho intramolecular Hbond substituents is 3. The highest BCUT2D eigenvalue weighted by Gasteiger charge is 2.12. The van der Waals surface area contributed by atoms with Crippen molar-refractivity contribution in [1.82, 2.24) is 5.32 Å². The second kappa shape index (κ2) is 3.87. The quantitative estimate of drug-likeness (QED) is 0.521. The Kier molecular flexibility index (Phi) is 2.81. The molecule has 0 bridgehead atoms. The summed E-state index contributed by atoms with van der Waals surface area (Å²) in [7, 11) is 0. The Morgan fingerprint density at radius 2 is 1.79 bits per heavy atom. The largest absolute Gasteiger partial charge is 0.504 e. The van der Waals surface area contributed by atoms with E-state index in [1.54, 1.807) is 6.92 Å². The summed E-state index contributed by atoms with van der Waals surface area (Å²) >= 11 is 0. The van der Waals surface area contributed by atoms with E-state index in [1.807, 2.05) is 0 Å². The number of amides is 1. The molecule has 14 heavy (non-hydrogen) atoms. The molecule has 1 aromatic rings. The van der Waals surface area contributed by atoms with Crippen molar-refractivity contribution in [1.29, 1.82) is 0 Å². The second-order valence-electron chi connectivity index (χ2n) is 2.72. The zero-order chi connectivity index (χ0) is 10.7. The maximum atomic E-state index is 11.2. The average Bonchev–Trinajstić information content (AvgIpc) is 2.13. The van der Waals surface area contributed by atoms with Crippen molar-refractivity contribution in [3.05, 3.63) is 17.7 Å². The highest BCUT2D eigenvalue weighted by molar-refractivity contribution is 5.95. The van der Waals surface area contributed by atoms with Crippen LogP contribution in [0.4, 0.5) is 0 Å². The molecule has 0 radical (unpaired) electrons. The van der Waals surface area contributed by atoms with Gasteiger partial charge in [0.2, 0.25) is 0 Å². The van der Waals surface area contributed by atoms with Crippen LogP contribution >= 0.6 is 0 Å². The molecule has 0 aliphatic carbocycles. The summed E-state index contributed by atoms with van der Waals surface area (Å²) in [6, 6.07) is 2.17. The molecule has 76 valence electrons. The predicted molar refractivity (Wildman–Crippen MR) is 49.4 cm³/mol. The fraction of sp³-hybridized carbons (Fsp3) is 0.222. The Balaban J connectivity index is 3.06. The molecular formula is C9H11NO4. The number of phenols is 3. The van der Waals surface area contributed by atoms with Crippen molar-refractivity contribution in [3.8, 4) is 17.2 Å². The maximum Gasteiger partial charge on any atom is 0.251 e. The van der Waals surface area contributed by atoms with E-state index in [9.17, 15) is 4.79 Å². The molecule has 0 unspecified atom stereocenters. The molecule has 0 saturated heterocycles. The number of rotatable bonds is 2. The van der Waals surface area contributed by atoms with Crippen LogP contribution in [0.5, 0.6) is 17.2 Å². The number of nitrogens with one attached hydrogen (secondary N) is 1. The first-order chi connectivity index (χ1) is 6.56. The SMILES string of the molecule is CCNC(=O)c1cc(O)c(O)c(O)c1. The van der Waals surface area contributed by atoms with Crippen LogP contribution in [0.1, 0.15) is 17.3 Å². The molecule has 5 heteroatoms. The molecule has 0 fully saturated rings. The summed E-state index contributed by atoms with van der Waals surface area (Å²) < 4.78 is 0. The molecule has 0 aliphatic heterocycles. The van der Waals surface area contributed by atoms with Crippen LogP contribution in [0.2, 0.25) is 0 Å². The third-order valence-corrected chi connectivity index (χ3v) is 1.67. The fourth-order valence-corrected chi connectivity index (χ4v) is 0.998. The van der Waals surface area contributed by atoms with E-state index in [2.05, 4.69) is 5.32 Å². The Hall–Kier alpha value is -1.91. The van der Waals surface area contributed by atoms with Gasteiger partial charge in [0.25, 0.3) is 5.91 Å². The summed E-state index contributed by atoms with van der Waals surface area (Å²) in [6.45, 7) is 2.19. The second-order valence-corrected chi connectivity index (χ2v) is 2.72. The Morgan fingerprint density at radius 1 is 1.29 bits per heavy atom. The van der Waals surface area contributed by atoms with Gasteiger partial charge in [0, 0.05) is 12.1 Å². The van der Waals surface area contributed by atoms with Gasteiger partial charge in [0.1, 0.15) is 0 Å². The first kappa shape index (κ1) is 10.2. The first-order valence-electron chi connectivity index (χ1n) is 4.09. The molecule has 5 nitrogen and oxygen atoms in total. The van der Waals surface area contributed by atoms with Gasteiger partial charge >= 0.3 is 0 Å². The third kappa shape index (κ3) is 1.87. The molecule has 0 aromatic heterocycles. The molecule has 0 saturated carbocycles. The monoisotopic (exact) mass is 197 g/mol. The maximum absolute atomic E-state index is 11.2. The van der Waals surface area contributed by atoms with Gasteiger partial charge in [0.05, 0.1) is 0 Å². The molecule has 4 N–H and O–H groups in total. The lowest BCUT2D eigenvalue weighted by atomic mass is 10.1. The highest BCUT2D eigenvalue weighted by atomic mass is 16.3. The number of carbonyl (C=O) groups excluding carboxylic acids is 1. The molecule has 1 aromatic carbocycles. The van der Waals surface area contributed by atoms with Crippen molar-refractivity contribution in [3.63, 3.8) is 0 Å². The smallest absolute Gasteiger partial charge is 0.251 e. The van der Waals surface area contributed by atoms with Gasteiger partial charge in [-0.05, 0) is 19.1 Å². The number of hydrogen-bond donors (Lipinski definition) is 4. The van der Waals surface area contributed by atoms with Gasteiger partial charge in [-0.15, -0.1) is 0 Å². The topological polar surface area (TPSA) is 89.8 Å². The van der Waals surface area contributed by atoms with Crippen LogP contribution in [0, 0.1) is 0 Å². The van der Waals surface area contributed by atoms with Crippen LogP contribution in [-0.2, 0) is 0 Å². The molecule has 1 amide bonds. The van der Waals surface area contributed by atoms with E-state index in [4.69, 9.17) is 15.3 Å². The van der Waals surface area contributed by atoms with Crippen LogP contribution in [0.3, 0.4) is 0 Å². The van der Waals surface area contributed by atoms with Crippen LogP contribution in [0.15, 0.2) is 12.1 Å². The van der Waals surface area contributed by atoms with Crippen molar-refractivity contribution in [2.24, 2.45) is 0 Å². The fourth-order valence-electron chi connectivity index (χ4n) is 0.998. The number of benzene rings is 1. The predicted octanol–water partition coefficient (Wildman–Crippen LogP) is 0.553. The summed E-state index contributed by atoms with van der Waals surface area (Å²) in [4.78, 5) is 11.2. The number of aromatic hydroxyl groups is 3. The Bertz CT molecular complexity index is 339. The van der Waals surface area contributed by atoms with Crippen LogP contribution in [0.25, 0.3) is 0 Å². The van der Waals surface area contributed by atoms with Gasteiger partial charge in [-0.25, -0.2) is 0 Å².